The highest BCUT2D eigenvalue weighted by molar-refractivity contribution is 5.95. The van der Waals surface area contributed by atoms with Crippen molar-refractivity contribution in [1.82, 2.24) is 20.9 Å². The minimum absolute atomic E-state index is 0.00866. The van der Waals surface area contributed by atoms with Gasteiger partial charge >= 0.3 is 0 Å². The van der Waals surface area contributed by atoms with Crippen LogP contribution in [0.25, 0.3) is 10.8 Å². The molecule has 1 aromatic heterocycles. The molecule has 4 N–H and O–H groups in total. The van der Waals surface area contributed by atoms with Crippen molar-refractivity contribution in [3.05, 3.63) is 83.6 Å². The molecule has 158 valence electrons. The molecule has 8 heteroatoms. The van der Waals surface area contributed by atoms with Crippen molar-refractivity contribution in [1.29, 1.82) is 0 Å². The molecule has 4 rings (SSSR count). The van der Waals surface area contributed by atoms with Crippen LogP contribution < -0.4 is 21.1 Å². The molecule has 31 heavy (non-hydrogen) atoms. The van der Waals surface area contributed by atoms with Gasteiger partial charge in [0.25, 0.3) is 5.91 Å². The third-order valence-corrected chi connectivity index (χ3v) is 4.85. The van der Waals surface area contributed by atoms with Gasteiger partial charge in [0.2, 0.25) is 11.5 Å². The average molecular weight is 417 g/mol. The monoisotopic (exact) mass is 417 g/mol. The minimum atomic E-state index is -0.419. The minimum Gasteiger partial charge on any atom is -0.489 e. The molecule has 1 amide bonds. The van der Waals surface area contributed by atoms with Crippen LogP contribution in [0.2, 0.25) is 0 Å². The van der Waals surface area contributed by atoms with Gasteiger partial charge in [-0.05, 0) is 32.7 Å². The van der Waals surface area contributed by atoms with E-state index < -0.39 is 5.91 Å². The number of carbonyl (C=O) groups excluding carboxylic acids is 1. The van der Waals surface area contributed by atoms with Crippen LogP contribution in [0.15, 0.2) is 71.4 Å². The van der Waals surface area contributed by atoms with Gasteiger partial charge in [-0.25, -0.2) is 4.63 Å². The van der Waals surface area contributed by atoms with Crippen LogP contribution in [0.5, 0.6) is 5.75 Å². The fraction of sp³-hybridized carbons (Fsp3) is 0.174. The number of rotatable bonds is 9. The predicted molar refractivity (Wildman–Crippen MR) is 117 cm³/mol. The Hall–Kier alpha value is -3.91. The largest absolute Gasteiger partial charge is 0.489 e. The summed E-state index contributed by atoms with van der Waals surface area (Å²) in [5.41, 5.74) is 7.71. The molecule has 0 atom stereocenters. The Morgan fingerprint density at radius 2 is 1.77 bits per heavy atom. The summed E-state index contributed by atoms with van der Waals surface area (Å²) in [4.78, 5) is 12.0. The Bertz CT molecular complexity index is 1160. The molecule has 0 aliphatic heterocycles. The summed E-state index contributed by atoms with van der Waals surface area (Å²) in [7, 11) is 0. The van der Waals surface area contributed by atoms with Crippen LogP contribution >= 0.6 is 0 Å². The second kappa shape index (κ2) is 9.73. The highest BCUT2D eigenvalue weighted by Gasteiger charge is 2.15. The number of hydrogen-bond acceptors (Lipinski definition) is 7. The summed E-state index contributed by atoms with van der Waals surface area (Å²) in [6.07, 6.45) is 0. The standard InChI is InChI=1S/C23H23N5O3/c24-22-21(27-31-28-22)23(29)26-13-12-25-14-19-18-9-5-4-8-17(18)10-11-20(19)30-15-16-6-2-1-3-7-16/h1-11,25H,12-15H2,(H2,24,28)(H,26,29). The van der Waals surface area contributed by atoms with Gasteiger partial charge in [-0.2, -0.15) is 0 Å². The first kappa shape index (κ1) is 20.4. The van der Waals surface area contributed by atoms with Crippen LogP contribution in [0.1, 0.15) is 21.6 Å². The number of nitrogens with two attached hydrogens (primary N) is 1. The Labute approximate surface area is 179 Å². The smallest absolute Gasteiger partial charge is 0.277 e. The van der Waals surface area contributed by atoms with Crippen molar-refractivity contribution in [3.8, 4) is 5.75 Å². The molecule has 0 saturated carbocycles. The molecule has 0 spiro atoms. The molecule has 8 nitrogen and oxygen atoms in total. The van der Waals surface area contributed by atoms with Gasteiger partial charge in [-0.1, -0.05) is 60.7 Å². The van der Waals surface area contributed by atoms with Gasteiger partial charge in [-0.15, -0.1) is 0 Å². The van der Waals surface area contributed by atoms with Crippen LogP contribution in [0.3, 0.4) is 0 Å². The molecular weight excluding hydrogens is 394 g/mol. The third-order valence-electron chi connectivity index (χ3n) is 4.85. The molecule has 0 aliphatic carbocycles. The number of nitrogens with one attached hydrogen (secondary N) is 2. The molecule has 0 saturated heterocycles. The van der Waals surface area contributed by atoms with E-state index >= 15 is 0 Å². The first-order valence-corrected chi connectivity index (χ1v) is 9.96. The lowest BCUT2D eigenvalue weighted by molar-refractivity contribution is 0.0944. The number of aromatic nitrogens is 2. The number of carbonyl (C=O) groups is 1. The van der Waals surface area contributed by atoms with Crippen molar-refractivity contribution in [2.75, 3.05) is 18.8 Å². The van der Waals surface area contributed by atoms with Gasteiger partial charge in [0.05, 0.1) is 0 Å². The highest BCUT2D eigenvalue weighted by Crippen LogP contribution is 2.28. The average Bonchev–Trinajstić information content (AvgIpc) is 3.24. The lowest BCUT2D eigenvalue weighted by atomic mass is 10.0. The fourth-order valence-electron chi connectivity index (χ4n) is 3.28. The zero-order chi connectivity index (χ0) is 21.5. The van der Waals surface area contributed by atoms with E-state index in [1.54, 1.807) is 0 Å². The third kappa shape index (κ3) is 4.99. The van der Waals surface area contributed by atoms with Gasteiger partial charge in [0.15, 0.2) is 0 Å². The van der Waals surface area contributed by atoms with Crippen LogP contribution in [0, 0.1) is 0 Å². The first-order valence-electron chi connectivity index (χ1n) is 9.96. The molecule has 0 fully saturated rings. The number of nitrogen functional groups attached to an aromatic ring is 1. The summed E-state index contributed by atoms with van der Waals surface area (Å²) in [6.45, 7) is 2.04. The van der Waals surface area contributed by atoms with E-state index in [0.29, 0.717) is 26.2 Å². The maximum Gasteiger partial charge on any atom is 0.277 e. The summed E-state index contributed by atoms with van der Waals surface area (Å²) in [6, 6.07) is 22.3. The molecule has 0 aliphatic rings. The topological polar surface area (TPSA) is 115 Å². The van der Waals surface area contributed by atoms with E-state index in [0.717, 1.165) is 27.6 Å². The highest BCUT2D eigenvalue weighted by atomic mass is 16.6. The van der Waals surface area contributed by atoms with Crippen molar-refractivity contribution in [2.24, 2.45) is 0 Å². The number of fused-ring (bicyclic) bond motifs is 1. The number of amides is 1. The summed E-state index contributed by atoms with van der Waals surface area (Å²) >= 11 is 0. The Morgan fingerprint density at radius 1 is 0.968 bits per heavy atom. The predicted octanol–water partition coefficient (Wildman–Crippen LogP) is 2.90. The maximum absolute atomic E-state index is 12.0. The molecule has 0 unspecified atom stereocenters. The van der Waals surface area contributed by atoms with Gasteiger partial charge in [0.1, 0.15) is 12.4 Å². The number of benzene rings is 3. The van der Waals surface area contributed by atoms with E-state index in [-0.39, 0.29) is 11.5 Å². The van der Waals surface area contributed by atoms with Gasteiger partial charge in [-0.3, -0.25) is 4.79 Å². The van der Waals surface area contributed by atoms with E-state index in [2.05, 4.69) is 43.8 Å². The molecule has 3 aromatic carbocycles. The van der Waals surface area contributed by atoms with Gasteiger partial charge in [0, 0.05) is 25.2 Å². The molecule has 0 radical (unpaired) electrons. The van der Waals surface area contributed by atoms with Crippen molar-refractivity contribution in [3.63, 3.8) is 0 Å². The van der Waals surface area contributed by atoms with Crippen molar-refractivity contribution in [2.45, 2.75) is 13.2 Å². The second-order valence-corrected chi connectivity index (χ2v) is 6.97. The lowest BCUT2D eigenvalue weighted by Gasteiger charge is -2.15. The van der Waals surface area contributed by atoms with Crippen molar-refractivity contribution >= 4 is 22.5 Å². The Morgan fingerprint density at radius 3 is 2.58 bits per heavy atom. The van der Waals surface area contributed by atoms with E-state index in [4.69, 9.17) is 10.5 Å². The SMILES string of the molecule is Nc1nonc1C(=O)NCCNCc1c(OCc2ccccc2)ccc2ccccc12. The zero-order valence-corrected chi connectivity index (χ0v) is 16.9. The Kier molecular flexibility index (Phi) is 6.39. The number of ether oxygens (including phenoxy) is 1. The zero-order valence-electron chi connectivity index (χ0n) is 16.9. The Balaban J connectivity index is 1.39. The molecule has 0 bridgehead atoms. The number of hydrogen-bond donors (Lipinski definition) is 3. The van der Waals surface area contributed by atoms with Crippen LogP contribution in [0.4, 0.5) is 5.82 Å². The summed E-state index contributed by atoms with van der Waals surface area (Å²) in [5, 5.41) is 15.3. The number of nitrogens with zero attached hydrogens (tertiary/aromatic N) is 2. The number of anilines is 1. The lowest BCUT2D eigenvalue weighted by Crippen LogP contribution is -2.32. The first-order chi connectivity index (χ1) is 15.2. The molecule has 4 aromatic rings. The maximum atomic E-state index is 12.0. The van der Waals surface area contributed by atoms with Crippen molar-refractivity contribution < 1.29 is 14.2 Å². The summed E-state index contributed by atoms with van der Waals surface area (Å²) in [5.74, 6) is 0.388. The second-order valence-electron chi connectivity index (χ2n) is 6.97. The van der Waals surface area contributed by atoms with Crippen LogP contribution in [-0.4, -0.2) is 29.3 Å². The fourth-order valence-corrected chi connectivity index (χ4v) is 3.28. The van der Waals surface area contributed by atoms with E-state index in [9.17, 15) is 4.79 Å². The normalized spacial score (nSPS) is 10.8. The van der Waals surface area contributed by atoms with Gasteiger partial charge < -0.3 is 21.1 Å². The summed E-state index contributed by atoms with van der Waals surface area (Å²) < 4.78 is 10.6. The van der Waals surface area contributed by atoms with E-state index in [1.165, 1.54) is 0 Å². The molecular formula is C23H23N5O3. The van der Waals surface area contributed by atoms with E-state index in [1.807, 2.05) is 48.5 Å². The quantitative estimate of drug-likeness (QED) is 0.359. The van der Waals surface area contributed by atoms with Crippen LogP contribution in [-0.2, 0) is 13.2 Å². The molecule has 1 heterocycles.